The van der Waals surface area contributed by atoms with E-state index in [-0.39, 0.29) is 10.2 Å². The molecule has 1 aromatic heterocycles. The van der Waals surface area contributed by atoms with Gasteiger partial charge in [0, 0.05) is 24.6 Å². The highest BCUT2D eigenvalue weighted by molar-refractivity contribution is 9.10. The van der Waals surface area contributed by atoms with Gasteiger partial charge in [-0.05, 0) is 58.2 Å². The number of benzene rings is 1. The number of anilines is 1. The second kappa shape index (κ2) is 6.34. The second-order valence-electron chi connectivity index (χ2n) is 4.35. The molecule has 0 aliphatic heterocycles. The summed E-state index contributed by atoms with van der Waals surface area (Å²) in [5.41, 5.74) is 2.79. The van der Waals surface area contributed by atoms with Gasteiger partial charge in [-0.3, -0.25) is 4.98 Å². The van der Waals surface area contributed by atoms with Gasteiger partial charge >= 0.3 is 6.36 Å². The van der Waals surface area contributed by atoms with Crippen LogP contribution in [0, 0.1) is 6.92 Å². The summed E-state index contributed by atoms with van der Waals surface area (Å²) < 4.78 is 40.6. The first-order valence-electron chi connectivity index (χ1n) is 6.04. The van der Waals surface area contributed by atoms with Gasteiger partial charge in [0.2, 0.25) is 0 Å². The van der Waals surface area contributed by atoms with Gasteiger partial charge in [0.1, 0.15) is 5.75 Å². The molecule has 0 atom stereocenters. The number of halogens is 4. The molecule has 0 fully saturated rings. The monoisotopic (exact) mass is 360 g/mol. The van der Waals surface area contributed by atoms with Crippen LogP contribution in [-0.4, -0.2) is 11.3 Å². The molecular formula is C14H12BrF3N2O. The molecule has 112 valence electrons. The van der Waals surface area contributed by atoms with Crippen LogP contribution in [0.3, 0.4) is 0 Å². The lowest BCUT2D eigenvalue weighted by atomic mass is 10.1. The molecule has 21 heavy (non-hydrogen) atoms. The molecule has 0 aliphatic rings. The van der Waals surface area contributed by atoms with Gasteiger partial charge in [-0.15, -0.1) is 13.2 Å². The Morgan fingerprint density at radius 2 is 2.05 bits per heavy atom. The van der Waals surface area contributed by atoms with Crippen LogP contribution in [0.1, 0.15) is 11.1 Å². The third kappa shape index (κ3) is 4.63. The number of aromatic nitrogens is 1. The largest absolute Gasteiger partial charge is 0.573 e. The zero-order valence-electron chi connectivity index (χ0n) is 11.0. The molecule has 1 heterocycles. The molecule has 7 heteroatoms. The van der Waals surface area contributed by atoms with E-state index in [9.17, 15) is 13.2 Å². The van der Waals surface area contributed by atoms with E-state index in [1.807, 2.05) is 13.0 Å². The third-order valence-electron chi connectivity index (χ3n) is 2.79. The Morgan fingerprint density at radius 1 is 1.29 bits per heavy atom. The first kappa shape index (κ1) is 15.6. The molecule has 0 radical (unpaired) electrons. The highest BCUT2D eigenvalue weighted by Crippen LogP contribution is 2.32. The number of alkyl halides is 3. The lowest BCUT2D eigenvalue weighted by Gasteiger charge is -2.13. The summed E-state index contributed by atoms with van der Waals surface area (Å²) in [5.74, 6) is -0.273. The Balaban J connectivity index is 2.05. The Labute approximate surface area is 128 Å². The first-order valence-corrected chi connectivity index (χ1v) is 6.83. The van der Waals surface area contributed by atoms with Crippen LogP contribution in [0.2, 0.25) is 0 Å². The number of hydrogen-bond donors (Lipinski definition) is 1. The van der Waals surface area contributed by atoms with Crippen LogP contribution in [0.4, 0.5) is 18.9 Å². The molecule has 3 nitrogen and oxygen atoms in total. The molecule has 0 saturated heterocycles. The van der Waals surface area contributed by atoms with E-state index in [0.717, 1.165) is 11.1 Å². The number of nitrogens with one attached hydrogen (secondary N) is 1. The van der Waals surface area contributed by atoms with E-state index in [1.165, 1.54) is 18.2 Å². The molecule has 0 spiro atoms. The Bertz CT molecular complexity index is 632. The summed E-state index contributed by atoms with van der Waals surface area (Å²) >= 11 is 3.06. The lowest BCUT2D eigenvalue weighted by molar-refractivity contribution is -0.274. The van der Waals surface area contributed by atoms with Crippen molar-refractivity contribution in [2.75, 3.05) is 5.32 Å². The number of aryl methyl sites for hydroxylation is 1. The summed E-state index contributed by atoms with van der Waals surface area (Å²) in [7, 11) is 0. The Hall–Kier alpha value is -1.76. The summed E-state index contributed by atoms with van der Waals surface area (Å²) in [5, 5.41) is 3.13. The van der Waals surface area contributed by atoms with Crippen LogP contribution < -0.4 is 10.1 Å². The smallest absolute Gasteiger partial charge is 0.405 e. The van der Waals surface area contributed by atoms with E-state index in [1.54, 1.807) is 12.4 Å². The van der Waals surface area contributed by atoms with Gasteiger partial charge in [0.25, 0.3) is 0 Å². The third-order valence-corrected chi connectivity index (χ3v) is 3.41. The van der Waals surface area contributed by atoms with Crippen LogP contribution in [0.25, 0.3) is 0 Å². The van der Waals surface area contributed by atoms with Gasteiger partial charge in [-0.25, -0.2) is 0 Å². The average molecular weight is 361 g/mol. The van der Waals surface area contributed by atoms with Crippen molar-refractivity contribution in [3.8, 4) is 5.75 Å². The molecule has 0 bridgehead atoms. The highest BCUT2D eigenvalue weighted by atomic mass is 79.9. The summed E-state index contributed by atoms with van der Waals surface area (Å²) in [6, 6.07) is 6.22. The Morgan fingerprint density at radius 3 is 2.67 bits per heavy atom. The molecular weight excluding hydrogens is 349 g/mol. The minimum Gasteiger partial charge on any atom is -0.405 e. The average Bonchev–Trinajstić information content (AvgIpc) is 2.39. The normalized spacial score (nSPS) is 11.3. The maximum Gasteiger partial charge on any atom is 0.573 e. The summed E-state index contributed by atoms with van der Waals surface area (Å²) in [4.78, 5) is 4.04. The van der Waals surface area contributed by atoms with Crippen molar-refractivity contribution in [2.24, 2.45) is 0 Å². The summed E-state index contributed by atoms with van der Waals surface area (Å²) in [6.45, 7) is 2.50. The number of ether oxygens (including phenoxy) is 1. The van der Waals surface area contributed by atoms with Crippen molar-refractivity contribution in [1.82, 2.24) is 4.98 Å². The molecule has 0 aliphatic carbocycles. The number of nitrogens with zero attached hydrogens (tertiary/aromatic N) is 1. The molecule has 1 N–H and O–H groups in total. The minimum atomic E-state index is -4.70. The molecule has 2 rings (SSSR count). The van der Waals surface area contributed by atoms with Gasteiger partial charge < -0.3 is 10.1 Å². The molecule has 1 aromatic carbocycles. The van der Waals surface area contributed by atoms with Crippen LogP contribution in [-0.2, 0) is 6.54 Å². The van der Waals surface area contributed by atoms with Gasteiger partial charge in [-0.1, -0.05) is 0 Å². The van der Waals surface area contributed by atoms with Crippen molar-refractivity contribution < 1.29 is 17.9 Å². The lowest BCUT2D eigenvalue weighted by Crippen LogP contribution is -2.17. The molecule has 0 saturated carbocycles. The van der Waals surface area contributed by atoms with Gasteiger partial charge in [0.05, 0.1) is 4.47 Å². The number of hydrogen-bond acceptors (Lipinski definition) is 3. The van der Waals surface area contributed by atoms with Crippen LogP contribution in [0.5, 0.6) is 5.75 Å². The minimum absolute atomic E-state index is 0.229. The maximum atomic E-state index is 12.2. The van der Waals surface area contributed by atoms with E-state index in [0.29, 0.717) is 12.2 Å². The van der Waals surface area contributed by atoms with Crippen molar-refractivity contribution in [3.05, 3.63) is 52.3 Å². The quantitative estimate of drug-likeness (QED) is 0.860. The number of pyridine rings is 1. The van der Waals surface area contributed by atoms with Crippen molar-refractivity contribution in [1.29, 1.82) is 0 Å². The molecule has 0 amide bonds. The molecule has 2 aromatic rings. The first-order chi connectivity index (χ1) is 9.85. The van der Waals surface area contributed by atoms with E-state index in [2.05, 4.69) is 31.0 Å². The van der Waals surface area contributed by atoms with Gasteiger partial charge in [0.15, 0.2) is 0 Å². The SMILES string of the molecule is Cc1ccncc1CNc1ccc(OC(F)(F)F)c(Br)c1. The maximum absolute atomic E-state index is 12.2. The standard InChI is InChI=1S/C14H12BrF3N2O/c1-9-4-5-19-7-10(9)8-20-11-2-3-13(12(15)6-11)21-14(16,17)18/h2-7,20H,8H2,1H3. The topological polar surface area (TPSA) is 34.2 Å². The predicted octanol–water partition coefficient (Wildman–Crippen LogP) is 4.66. The van der Waals surface area contributed by atoms with Gasteiger partial charge in [-0.2, -0.15) is 0 Å². The van der Waals surface area contributed by atoms with Crippen LogP contribution >= 0.6 is 15.9 Å². The van der Waals surface area contributed by atoms with E-state index >= 15 is 0 Å². The Kier molecular flexibility index (Phi) is 4.72. The fraction of sp³-hybridized carbons (Fsp3) is 0.214. The van der Waals surface area contributed by atoms with Crippen molar-refractivity contribution in [3.63, 3.8) is 0 Å². The van der Waals surface area contributed by atoms with E-state index < -0.39 is 6.36 Å². The zero-order valence-corrected chi connectivity index (χ0v) is 12.6. The zero-order chi connectivity index (χ0) is 15.5. The molecule has 0 unspecified atom stereocenters. The van der Waals surface area contributed by atoms with Crippen molar-refractivity contribution >= 4 is 21.6 Å². The van der Waals surface area contributed by atoms with Crippen LogP contribution in [0.15, 0.2) is 41.1 Å². The highest BCUT2D eigenvalue weighted by Gasteiger charge is 2.31. The van der Waals surface area contributed by atoms with E-state index in [4.69, 9.17) is 0 Å². The number of rotatable bonds is 4. The summed E-state index contributed by atoms with van der Waals surface area (Å²) in [6.07, 6.45) is -1.25. The van der Waals surface area contributed by atoms with Crippen molar-refractivity contribution in [2.45, 2.75) is 19.8 Å². The predicted molar refractivity (Wildman–Crippen MR) is 77.1 cm³/mol. The fourth-order valence-corrected chi connectivity index (χ4v) is 2.16. The second-order valence-corrected chi connectivity index (χ2v) is 5.20. The fourth-order valence-electron chi connectivity index (χ4n) is 1.70.